The fraction of sp³-hybridized carbons (Fsp3) is 0.200. The first kappa shape index (κ1) is 14.0. The van der Waals surface area contributed by atoms with Gasteiger partial charge >= 0.3 is 5.69 Å². The van der Waals surface area contributed by atoms with Gasteiger partial charge in [-0.25, -0.2) is 0 Å². The van der Waals surface area contributed by atoms with Gasteiger partial charge in [-0.3, -0.25) is 10.1 Å². The van der Waals surface area contributed by atoms with Crippen LogP contribution in [0.2, 0.25) is 0 Å². The van der Waals surface area contributed by atoms with Crippen LogP contribution < -0.4 is 10.5 Å². The van der Waals surface area contributed by atoms with E-state index < -0.39 is 4.92 Å². The van der Waals surface area contributed by atoms with Gasteiger partial charge < -0.3 is 10.5 Å². The van der Waals surface area contributed by atoms with Crippen LogP contribution in [0.4, 0.5) is 5.69 Å². The van der Waals surface area contributed by atoms with Gasteiger partial charge in [-0.2, -0.15) is 0 Å². The molecule has 2 rings (SSSR count). The van der Waals surface area contributed by atoms with Crippen molar-refractivity contribution in [1.82, 2.24) is 0 Å². The Hall–Kier alpha value is -2.40. The van der Waals surface area contributed by atoms with E-state index in [9.17, 15) is 10.1 Å². The number of ether oxygens (including phenoxy) is 1. The second-order valence-electron chi connectivity index (χ2n) is 4.57. The molecule has 0 bridgehead atoms. The highest BCUT2D eigenvalue weighted by Gasteiger charge is 2.18. The molecule has 0 radical (unpaired) electrons. The summed E-state index contributed by atoms with van der Waals surface area (Å²) < 4.78 is 5.65. The highest BCUT2D eigenvalue weighted by Crippen LogP contribution is 2.34. The summed E-state index contributed by atoms with van der Waals surface area (Å²) in [6, 6.07) is 10.5. The summed E-state index contributed by atoms with van der Waals surface area (Å²) in [4.78, 5) is 10.7. The zero-order valence-electron chi connectivity index (χ0n) is 11.4. The van der Waals surface area contributed by atoms with Crippen LogP contribution in [0.25, 0.3) is 0 Å². The number of nitrogens with zero attached hydrogens (tertiary/aromatic N) is 1. The average molecular weight is 272 g/mol. The molecule has 0 heterocycles. The predicted molar refractivity (Wildman–Crippen MR) is 77.0 cm³/mol. The maximum Gasteiger partial charge on any atom is 0.314 e. The fourth-order valence-electron chi connectivity index (χ4n) is 2.04. The quantitative estimate of drug-likeness (QED) is 0.682. The molecule has 0 saturated heterocycles. The lowest BCUT2D eigenvalue weighted by Gasteiger charge is -2.10. The van der Waals surface area contributed by atoms with Gasteiger partial charge in [0.2, 0.25) is 5.75 Å². The zero-order valence-corrected chi connectivity index (χ0v) is 11.4. The molecule has 0 amide bonds. The van der Waals surface area contributed by atoms with E-state index in [0.29, 0.717) is 17.9 Å². The molecule has 5 nitrogen and oxygen atoms in total. The summed E-state index contributed by atoms with van der Waals surface area (Å²) >= 11 is 0. The van der Waals surface area contributed by atoms with Crippen molar-refractivity contribution in [1.29, 1.82) is 0 Å². The molecule has 5 heteroatoms. The Labute approximate surface area is 117 Å². The molecule has 2 aromatic rings. The van der Waals surface area contributed by atoms with Crippen molar-refractivity contribution in [3.8, 4) is 11.5 Å². The normalized spacial score (nSPS) is 10.3. The zero-order chi connectivity index (χ0) is 14.7. The molecule has 0 fully saturated rings. The van der Waals surface area contributed by atoms with Crippen molar-refractivity contribution in [2.24, 2.45) is 5.73 Å². The first-order chi connectivity index (χ1) is 9.52. The second kappa shape index (κ2) is 5.71. The van der Waals surface area contributed by atoms with Crippen LogP contribution in [0.5, 0.6) is 11.5 Å². The van der Waals surface area contributed by atoms with Crippen molar-refractivity contribution in [3.63, 3.8) is 0 Å². The molecule has 20 heavy (non-hydrogen) atoms. The standard InChI is InChI=1S/C15H16N2O3/c1-10-4-3-5-14(15(10)17(18)19)20-13-7-6-12(9-16)11(2)8-13/h3-8H,9,16H2,1-2H3. The SMILES string of the molecule is Cc1cc(Oc2cccc(C)c2[N+](=O)[O-])ccc1CN. The van der Waals surface area contributed by atoms with E-state index in [4.69, 9.17) is 10.5 Å². The molecular weight excluding hydrogens is 256 g/mol. The summed E-state index contributed by atoms with van der Waals surface area (Å²) in [6.07, 6.45) is 0. The van der Waals surface area contributed by atoms with Crippen LogP contribution in [0.1, 0.15) is 16.7 Å². The van der Waals surface area contributed by atoms with Gasteiger partial charge in [0.1, 0.15) is 5.75 Å². The number of hydrogen-bond donors (Lipinski definition) is 1. The number of benzene rings is 2. The smallest absolute Gasteiger partial charge is 0.314 e. The van der Waals surface area contributed by atoms with E-state index in [-0.39, 0.29) is 11.4 Å². The number of para-hydroxylation sites is 1. The summed E-state index contributed by atoms with van der Waals surface area (Å²) in [5.74, 6) is 0.809. The van der Waals surface area contributed by atoms with Crippen molar-refractivity contribution >= 4 is 5.69 Å². The number of aryl methyl sites for hydroxylation is 2. The Morgan fingerprint density at radius 1 is 1.20 bits per heavy atom. The summed E-state index contributed by atoms with van der Waals surface area (Å²) in [5.41, 5.74) is 8.20. The van der Waals surface area contributed by atoms with Gasteiger partial charge in [0.05, 0.1) is 4.92 Å². The van der Waals surface area contributed by atoms with Gasteiger partial charge in [-0.15, -0.1) is 0 Å². The summed E-state index contributed by atoms with van der Waals surface area (Å²) in [5, 5.41) is 11.1. The van der Waals surface area contributed by atoms with Crippen LogP contribution in [0.15, 0.2) is 36.4 Å². The van der Waals surface area contributed by atoms with E-state index in [0.717, 1.165) is 11.1 Å². The van der Waals surface area contributed by atoms with E-state index in [2.05, 4.69) is 0 Å². The maximum absolute atomic E-state index is 11.1. The minimum atomic E-state index is -0.425. The van der Waals surface area contributed by atoms with Crippen molar-refractivity contribution < 1.29 is 9.66 Å². The summed E-state index contributed by atoms with van der Waals surface area (Å²) in [7, 11) is 0. The second-order valence-corrected chi connectivity index (χ2v) is 4.57. The Bertz CT molecular complexity index is 654. The van der Waals surface area contributed by atoms with Crippen LogP contribution in [-0.2, 0) is 6.54 Å². The van der Waals surface area contributed by atoms with Crippen LogP contribution in [-0.4, -0.2) is 4.92 Å². The van der Waals surface area contributed by atoms with Gasteiger partial charge in [0, 0.05) is 12.1 Å². The van der Waals surface area contributed by atoms with E-state index >= 15 is 0 Å². The topological polar surface area (TPSA) is 78.4 Å². The largest absolute Gasteiger partial charge is 0.450 e. The Morgan fingerprint density at radius 3 is 2.55 bits per heavy atom. The molecule has 104 valence electrons. The molecule has 0 unspecified atom stereocenters. The molecule has 2 aromatic carbocycles. The number of rotatable bonds is 4. The lowest BCUT2D eigenvalue weighted by Crippen LogP contribution is -2.00. The van der Waals surface area contributed by atoms with Gasteiger partial charge in [-0.05, 0) is 43.2 Å². The third kappa shape index (κ3) is 2.78. The van der Waals surface area contributed by atoms with Gasteiger partial charge in [-0.1, -0.05) is 18.2 Å². The van der Waals surface area contributed by atoms with Crippen LogP contribution in [0, 0.1) is 24.0 Å². The highest BCUT2D eigenvalue weighted by molar-refractivity contribution is 5.54. The van der Waals surface area contributed by atoms with Crippen molar-refractivity contribution in [2.45, 2.75) is 20.4 Å². The molecule has 0 aliphatic carbocycles. The minimum absolute atomic E-state index is 0.00643. The predicted octanol–water partition coefficient (Wildman–Crippen LogP) is 3.46. The van der Waals surface area contributed by atoms with Crippen molar-refractivity contribution in [2.75, 3.05) is 0 Å². The molecule has 0 saturated carbocycles. The van der Waals surface area contributed by atoms with Crippen LogP contribution in [0.3, 0.4) is 0 Å². The minimum Gasteiger partial charge on any atom is -0.450 e. The average Bonchev–Trinajstić information content (AvgIpc) is 2.38. The Balaban J connectivity index is 2.38. The molecule has 0 aliphatic rings. The first-order valence-corrected chi connectivity index (χ1v) is 6.24. The lowest BCUT2D eigenvalue weighted by atomic mass is 10.1. The van der Waals surface area contributed by atoms with Crippen LogP contribution >= 0.6 is 0 Å². The molecule has 0 aromatic heterocycles. The van der Waals surface area contributed by atoms with E-state index in [1.165, 1.54) is 0 Å². The number of hydrogen-bond acceptors (Lipinski definition) is 4. The maximum atomic E-state index is 11.1. The summed E-state index contributed by atoms with van der Waals surface area (Å²) in [6.45, 7) is 4.07. The molecule has 0 atom stereocenters. The number of nitro benzene ring substituents is 1. The highest BCUT2D eigenvalue weighted by atomic mass is 16.6. The van der Waals surface area contributed by atoms with E-state index in [1.54, 1.807) is 31.2 Å². The number of nitrogens with two attached hydrogens (primary N) is 1. The molecular formula is C15H16N2O3. The monoisotopic (exact) mass is 272 g/mol. The Morgan fingerprint density at radius 2 is 1.95 bits per heavy atom. The fourth-order valence-corrected chi connectivity index (χ4v) is 2.04. The third-order valence-corrected chi connectivity index (χ3v) is 3.15. The number of nitro groups is 1. The molecule has 2 N–H and O–H groups in total. The van der Waals surface area contributed by atoms with E-state index in [1.807, 2.05) is 19.1 Å². The van der Waals surface area contributed by atoms with Gasteiger partial charge in [0.25, 0.3) is 0 Å². The molecule has 0 aliphatic heterocycles. The first-order valence-electron chi connectivity index (χ1n) is 6.24. The molecule has 0 spiro atoms. The Kier molecular flexibility index (Phi) is 4.00. The van der Waals surface area contributed by atoms with Gasteiger partial charge in [0.15, 0.2) is 0 Å². The lowest BCUT2D eigenvalue weighted by molar-refractivity contribution is -0.386. The third-order valence-electron chi connectivity index (χ3n) is 3.15. The van der Waals surface area contributed by atoms with Crippen molar-refractivity contribution in [3.05, 3.63) is 63.2 Å².